The van der Waals surface area contributed by atoms with E-state index in [1.54, 1.807) is 37.2 Å². The van der Waals surface area contributed by atoms with E-state index >= 15 is 0 Å². The van der Waals surface area contributed by atoms with E-state index < -0.39 is 0 Å². The molecule has 1 aliphatic heterocycles. The van der Waals surface area contributed by atoms with Gasteiger partial charge in [0.25, 0.3) is 11.5 Å². The van der Waals surface area contributed by atoms with Crippen LogP contribution in [0.5, 0.6) is 0 Å². The van der Waals surface area contributed by atoms with Gasteiger partial charge in [-0.25, -0.2) is 9.37 Å². The predicted octanol–water partition coefficient (Wildman–Crippen LogP) is 2.93. The number of amides is 1. The molecule has 2 atom stereocenters. The number of hydrogen-bond acceptors (Lipinski definition) is 5. The fraction of sp³-hybridized carbons (Fsp3) is 0.333. The summed E-state index contributed by atoms with van der Waals surface area (Å²) in [6.45, 7) is 3.34. The summed E-state index contributed by atoms with van der Waals surface area (Å²) in [7, 11) is 3.46. The second-order valence-corrected chi connectivity index (χ2v) is 8.31. The van der Waals surface area contributed by atoms with Crippen molar-refractivity contribution < 1.29 is 9.18 Å². The van der Waals surface area contributed by atoms with Gasteiger partial charge in [0.15, 0.2) is 0 Å². The number of anilines is 1. The first-order valence-corrected chi connectivity index (χ1v) is 10.5. The van der Waals surface area contributed by atoms with Crippen LogP contribution in [0.1, 0.15) is 29.4 Å². The summed E-state index contributed by atoms with van der Waals surface area (Å²) in [6.07, 6.45) is 0.708. The SMILES string of the molecule is C[C@@H]1CN(c2cc(=O)n(C)c3ccc(C#N)nc23)CC[C@H]1N(C)C(=O)c1ccc(F)cc1. The Morgan fingerprint density at radius 1 is 1.25 bits per heavy atom. The molecule has 8 heteroatoms. The maximum absolute atomic E-state index is 13.2. The molecule has 0 saturated carbocycles. The highest BCUT2D eigenvalue weighted by atomic mass is 19.1. The summed E-state index contributed by atoms with van der Waals surface area (Å²) in [5.41, 5.74) is 2.60. The van der Waals surface area contributed by atoms with Crippen molar-refractivity contribution in [1.29, 1.82) is 5.26 Å². The second-order valence-electron chi connectivity index (χ2n) is 8.31. The molecule has 0 aliphatic carbocycles. The maximum Gasteiger partial charge on any atom is 0.253 e. The molecular weight excluding hydrogens is 409 g/mol. The van der Waals surface area contributed by atoms with Crippen molar-refractivity contribution >= 4 is 22.6 Å². The summed E-state index contributed by atoms with van der Waals surface area (Å²) < 4.78 is 14.7. The molecule has 0 N–H and O–H groups in total. The lowest BCUT2D eigenvalue weighted by atomic mass is 9.91. The summed E-state index contributed by atoms with van der Waals surface area (Å²) in [6, 6.07) is 12.6. The van der Waals surface area contributed by atoms with Crippen LogP contribution in [-0.4, -0.2) is 46.5 Å². The molecule has 1 aliphatic rings. The molecule has 1 aromatic carbocycles. The number of aromatic nitrogens is 2. The molecule has 0 unspecified atom stereocenters. The molecule has 2 aromatic heterocycles. The Balaban J connectivity index is 1.60. The largest absolute Gasteiger partial charge is 0.369 e. The van der Waals surface area contributed by atoms with E-state index in [2.05, 4.69) is 22.9 Å². The van der Waals surface area contributed by atoms with Gasteiger partial charge in [-0.3, -0.25) is 9.59 Å². The van der Waals surface area contributed by atoms with Gasteiger partial charge in [0.2, 0.25) is 0 Å². The summed E-state index contributed by atoms with van der Waals surface area (Å²) in [4.78, 5) is 33.7. The van der Waals surface area contributed by atoms with E-state index in [9.17, 15) is 19.2 Å². The van der Waals surface area contributed by atoms with Gasteiger partial charge in [-0.2, -0.15) is 5.26 Å². The van der Waals surface area contributed by atoms with Crippen molar-refractivity contribution in [1.82, 2.24) is 14.5 Å². The zero-order valence-corrected chi connectivity index (χ0v) is 18.2. The zero-order chi connectivity index (χ0) is 23.0. The number of carbonyl (C=O) groups is 1. The van der Waals surface area contributed by atoms with Gasteiger partial charge >= 0.3 is 0 Å². The van der Waals surface area contributed by atoms with E-state index in [1.165, 1.54) is 28.8 Å². The zero-order valence-electron chi connectivity index (χ0n) is 18.2. The summed E-state index contributed by atoms with van der Waals surface area (Å²) in [5, 5.41) is 9.27. The van der Waals surface area contributed by atoms with Gasteiger partial charge in [-0.05, 0) is 48.7 Å². The number of nitriles is 1. The van der Waals surface area contributed by atoms with Crippen molar-refractivity contribution in [2.45, 2.75) is 19.4 Å². The second kappa shape index (κ2) is 8.42. The quantitative estimate of drug-likeness (QED) is 0.634. The number of hydrogen-bond donors (Lipinski definition) is 0. The van der Waals surface area contributed by atoms with Crippen molar-refractivity contribution in [3.8, 4) is 6.07 Å². The molecule has 7 nitrogen and oxygen atoms in total. The molecule has 3 heterocycles. The average Bonchev–Trinajstić information content (AvgIpc) is 2.80. The standard InChI is InChI=1S/C24H24FN5O2/c1-15-14-30(11-10-19(15)29(3)24(32)16-4-6-17(25)7-5-16)21-12-22(31)28(2)20-9-8-18(13-26)27-23(20)21/h4-9,12,15,19H,10-11,14H2,1-3H3/t15-,19-/m1/s1. The molecule has 4 rings (SSSR count). The van der Waals surface area contributed by atoms with Gasteiger partial charge in [0.05, 0.1) is 11.2 Å². The third kappa shape index (κ3) is 3.82. The van der Waals surface area contributed by atoms with E-state index in [1.807, 2.05) is 0 Å². The van der Waals surface area contributed by atoms with Crippen molar-refractivity contribution in [2.24, 2.45) is 13.0 Å². The molecule has 1 fully saturated rings. The van der Waals surface area contributed by atoms with Crippen LogP contribution in [0, 0.1) is 23.1 Å². The Morgan fingerprint density at radius 2 is 1.97 bits per heavy atom. The smallest absolute Gasteiger partial charge is 0.253 e. The Labute approximate surface area is 185 Å². The van der Waals surface area contributed by atoms with Crippen LogP contribution < -0.4 is 10.5 Å². The number of fused-ring (bicyclic) bond motifs is 1. The maximum atomic E-state index is 13.2. The van der Waals surface area contributed by atoms with Crippen LogP contribution in [0.4, 0.5) is 10.1 Å². The van der Waals surface area contributed by atoms with Gasteiger partial charge in [0.1, 0.15) is 23.1 Å². The minimum atomic E-state index is -0.375. The van der Waals surface area contributed by atoms with E-state index in [4.69, 9.17) is 0 Å². The van der Waals surface area contributed by atoms with Crippen LogP contribution in [0.25, 0.3) is 11.0 Å². The van der Waals surface area contributed by atoms with Gasteiger partial charge in [-0.15, -0.1) is 0 Å². The van der Waals surface area contributed by atoms with E-state index in [-0.39, 0.29) is 29.2 Å². The first-order valence-electron chi connectivity index (χ1n) is 10.5. The minimum Gasteiger partial charge on any atom is -0.369 e. The molecule has 1 saturated heterocycles. The van der Waals surface area contributed by atoms with Gasteiger partial charge in [-0.1, -0.05) is 6.92 Å². The number of piperidine rings is 1. The highest BCUT2D eigenvalue weighted by molar-refractivity contribution is 5.94. The van der Waals surface area contributed by atoms with Crippen LogP contribution in [0.2, 0.25) is 0 Å². The molecule has 164 valence electrons. The monoisotopic (exact) mass is 433 g/mol. The molecule has 0 bridgehead atoms. The number of carbonyl (C=O) groups excluding carboxylic acids is 1. The van der Waals surface area contributed by atoms with Gasteiger partial charge in [0, 0.05) is 44.9 Å². The van der Waals surface area contributed by atoms with Gasteiger partial charge < -0.3 is 14.4 Å². The molecule has 0 spiro atoms. The fourth-order valence-corrected chi connectivity index (χ4v) is 4.49. The van der Waals surface area contributed by atoms with Crippen LogP contribution in [0.3, 0.4) is 0 Å². The molecular formula is C24H24FN5O2. The topological polar surface area (TPSA) is 82.2 Å². The Kier molecular flexibility index (Phi) is 5.66. The number of rotatable bonds is 3. The van der Waals surface area contributed by atoms with E-state index in [0.29, 0.717) is 47.5 Å². The van der Waals surface area contributed by atoms with E-state index in [0.717, 1.165) is 0 Å². The fourth-order valence-electron chi connectivity index (χ4n) is 4.49. The Morgan fingerprint density at radius 3 is 2.62 bits per heavy atom. The van der Waals surface area contributed by atoms with Crippen LogP contribution in [-0.2, 0) is 7.05 Å². The normalized spacial score (nSPS) is 18.4. The number of aryl methyl sites for hydroxylation is 1. The highest BCUT2D eigenvalue weighted by Gasteiger charge is 2.32. The van der Waals surface area contributed by atoms with Crippen molar-refractivity contribution in [2.75, 3.05) is 25.0 Å². The molecule has 1 amide bonds. The lowest BCUT2D eigenvalue weighted by Crippen LogP contribution is -2.51. The lowest BCUT2D eigenvalue weighted by Gasteiger charge is -2.42. The summed E-state index contributed by atoms with van der Waals surface area (Å²) in [5.74, 6) is -0.397. The molecule has 32 heavy (non-hydrogen) atoms. The first-order chi connectivity index (χ1) is 15.3. The van der Waals surface area contributed by atoms with Crippen molar-refractivity contribution in [3.63, 3.8) is 0 Å². The minimum absolute atomic E-state index is 0.00393. The number of halogens is 1. The first kappa shape index (κ1) is 21.5. The number of benzene rings is 1. The molecule has 3 aromatic rings. The Bertz CT molecular complexity index is 1280. The van der Waals surface area contributed by atoms with Crippen LogP contribution >= 0.6 is 0 Å². The predicted molar refractivity (Wildman–Crippen MR) is 120 cm³/mol. The number of nitrogens with zero attached hydrogens (tertiary/aromatic N) is 5. The Hall–Kier alpha value is -3.73. The van der Waals surface area contributed by atoms with Crippen LogP contribution in [0.15, 0.2) is 47.3 Å². The average molecular weight is 433 g/mol. The lowest BCUT2D eigenvalue weighted by molar-refractivity contribution is 0.0656. The summed E-state index contributed by atoms with van der Waals surface area (Å²) >= 11 is 0. The highest BCUT2D eigenvalue weighted by Crippen LogP contribution is 2.30. The van der Waals surface area contributed by atoms with Crippen molar-refractivity contribution in [3.05, 3.63) is 69.9 Å². The third-order valence-corrected chi connectivity index (χ3v) is 6.29. The molecule has 0 radical (unpaired) electrons. The number of pyridine rings is 2. The third-order valence-electron chi connectivity index (χ3n) is 6.29.